The standard InChI is InChI=1S/C36H21NO2/c1-4-16-30-25(11-1)26-12-2-5-17-31(26)37(30)23-10-7-9-22(21-23)24-14-8-15-27-28-19-20-33-34(36(28)39-35(24)27)29-13-3-6-18-32(29)38-33/h1-21H. The van der Waals surface area contributed by atoms with E-state index in [4.69, 9.17) is 8.83 Å². The van der Waals surface area contributed by atoms with Crippen LogP contribution in [0.2, 0.25) is 0 Å². The van der Waals surface area contributed by atoms with Gasteiger partial charge in [-0.25, -0.2) is 0 Å². The lowest BCUT2D eigenvalue weighted by Gasteiger charge is -2.10. The van der Waals surface area contributed by atoms with Crippen molar-refractivity contribution in [3.63, 3.8) is 0 Å². The molecule has 182 valence electrons. The zero-order chi connectivity index (χ0) is 25.5. The average Bonchev–Trinajstić information content (AvgIpc) is 3.66. The van der Waals surface area contributed by atoms with E-state index in [0.717, 1.165) is 60.7 Å². The van der Waals surface area contributed by atoms with Gasteiger partial charge < -0.3 is 13.4 Å². The van der Waals surface area contributed by atoms with E-state index in [2.05, 4.69) is 114 Å². The molecular formula is C36H21NO2. The molecule has 0 N–H and O–H groups in total. The molecule has 9 rings (SSSR count). The SMILES string of the molecule is c1cc(-c2cccc3c2oc2c3ccc3oc4ccccc4c32)cc(-n2c3ccccc3c3ccccc32)c1. The van der Waals surface area contributed by atoms with Crippen LogP contribution in [0.25, 0.3) is 82.5 Å². The molecule has 0 radical (unpaired) electrons. The Morgan fingerprint density at radius 2 is 1.10 bits per heavy atom. The van der Waals surface area contributed by atoms with E-state index < -0.39 is 0 Å². The smallest absolute Gasteiger partial charge is 0.147 e. The van der Waals surface area contributed by atoms with Gasteiger partial charge in [0.15, 0.2) is 0 Å². The Morgan fingerprint density at radius 1 is 0.436 bits per heavy atom. The maximum atomic E-state index is 6.72. The molecule has 0 fully saturated rings. The first kappa shape index (κ1) is 20.7. The monoisotopic (exact) mass is 499 g/mol. The summed E-state index contributed by atoms with van der Waals surface area (Å²) >= 11 is 0. The molecule has 9 aromatic rings. The first-order valence-electron chi connectivity index (χ1n) is 13.2. The van der Waals surface area contributed by atoms with Gasteiger partial charge in [-0.3, -0.25) is 0 Å². The number of furan rings is 2. The first-order chi connectivity index (χ1) is 19.3. The number of fused-ring (bicyclic) bond motifs is 10. The van der Waals surface area contributed by atoms with E-state index in [-0.39, 0.29) is 0 Å². The van der Waals surface area contributed by atoms with Gasteiger partial charge in [-0.15, -0.1) is 0 Å². The Kier molecular flexibility index (Phi) is 4.05. The molecule has 3 aromatic heterocycles. The molecule has 0 aliphatic carbocycles. The molecule has 0 amide bonds. The number of aromatic nitrogens is 1. The minimum Gasteiger partial charge on any atom is -0.456 e. The summed E-state index contributed by atoms with van der Waals surface area (Å²) < 4.78 is 15.2. The van der Waals surface area contributed by atoms with Gasteiger partial charge in [0.2, 0.25) is 0 Å². The number of nitrogens with zero attached hydrogens (tertiary/aromatic N) is 1. The summed E-state index contributed by atoms with van der Waals surface area (Å²) in [7, 11) is 0. The Hall–Kier alpha value is -5.28. The molecule has 3 nitrogen and oxygen atoms in total. The predicted molar refractivity (Wildman–Crippen MR) is 161 cm³/mol. The van der Waals surface area contributed by atoms with Crippen LogP contribution in [0.15, 0.2) is 136 Å². The van der Waals surface area contributed by atoms with Crippen LogP contribution in [-0.2, 0) is 0 Å². The lowest BCUT2D eigenvalue weighted by Crippen LogP contribution is -1.94. The molecule has 0 saturated carbocycles. The summed E-state index contributed by atoms with van der Waals surface area (Å²) in [4.78, 5) is 0. The van der Waals surface area contributed by atoms with Crippen molar-refractivity contribution in [3.8, 4) is 16.8 Å². The first-order valence-corrected chi connectivity index (χ1v) is 13.2. The average molecular weight is 500 g/mol. The van der Waals surface area contributed by atoms with Gasteiger partial charge in [0.1, 0.15) is 22.3 Å². The molecule has 0 saturated heterocycles. The van der Waals surface area contributed by atoms with Crippen molar-refractivity contribution in [3.05, 3.63) is 127 Å². The summed E-state index contributed by atoms with van der Waals surface area (Å²) in [5.74, 6) is 0. The second-order valence-corrected chi connectivity index (χ2v) is 10.1. The highest BCUT2D eigenvalue weighted by Gasteiger charge is 2.18. The maximum Gasteiger partial charge on any atom is 0.147 e. The lowest BCUT2D eigenvalue weighted by atomic mass is 10.0. The van der Waals surface area contributed by atoms with Crippen molar-refractivity contribution in [1.29, 1.82) is 0 Å². The van der Waals surface area contributed by atoms with Crippen LogP contribution in [0.4, 0.5) is 0 Å². The fourth-order valence-electron chi connectivity index (χ4n) is 6.31. The zero-order valence-electron chi connectivity index (χ0n) is 20.9. The van der Waals surface area contributed by atoms with E-state index in [9.17, 15) is 0 Å². The summed E-state index contributed by atoms with van der Waals surface area (Å²) in [5.41, 5.74) is 9.21. The Balaban J connectivity index is 1.31. The molecule has 39 heavy (non-hydrogen) atoms. The summed E-state index contributed by atoms with van der Waals surface area (Å²) in [5, 5.41) is 6.83. The third kappa shape index (κ3) is 2.82. The summed E-state index contributed by atoms with van der Waals surface area (Å²) in [6.07, 6.45) is 0. The van der Waals surface area contributed by atoms with E-state index in [1.165, 1.54) is 21.8 Å². The van der Waals surface area contributed by atoms with Gasteiger partial charge in [-0.05, 0) is 48.0 Å². The number of para-hydroxylation sites is 4. The van der Waals surface area contributed by atoms with Crippen LogP contribution in [0.1, 0.15) is 0 Å². The molecule has 0 aliphatic heterocycles. The number of hydrogen-bond acceptors (Lipinski definition) is 2. The number of benzene rings is 6. The molecule has 0 unspecified atom stereocenters. The van der Waals surface area contributed by atoms with Gasteiger partial charge in [0, 0.05) is 38.2 Å². The zero-order valence-corrected chi connectivity index (χ0v) is 20.9. The van der Waals surface area contributed by atoms with Gasteiger partial charge >= 0.3 is 0 Å². The predicted octanol–water partition coefficient (Wildman–Crippen LogP) is 10.2. The van der Waals surface area contributed by atoms with Gasteiger partial charge in [0.05, 0.1) is 16.4 Å². The molecule has 0 atom stereocenters. The third-order valence-electron chi connectivity index (χ3n) is 8.00. The van der Waals surface area contributed by atoms with Gasteiger partial charge in [0.25, 0.3) is 0 Å². The normalized spacial score (nSPS) is 12.1. The topological polar surface area (TPSA) is 31.2 Å². The Morgan fingerprint density at radius 3 is 1.92 bits per heavy atom. The van der Waals surface area contributed by atoms with Gasteiger partial charge in [-0.1, -0.05) is 84.9 Å². The van der Waals surface area contributed by atoms with Crippen molar-refractivity contribution in [2.24, 2.45) is 0 Å². The highest BCUT2D eigenvalue weighted by molar-refractivity contribution is 6.23. The third-order valence-corrected chi connectivity index (χ3v) is 8.00. The molecule has 0 aliphatic rings. The van der Waals surface area contributed by atoms with E-state index in [1.54, 1.807) is 0 Å². The fraction of sp³-hybridized carbons (Fsp3) is 0. The molecule has 3 heteroatoms. The lowest BCUT2D eigenvalue weighted by molar-refractivity contribution is 0.663. The quantitative estimate of drug-likeness (QED) is 0.237. The minimum atomic E-state index is 0.845. The molecule has 0 bridgehead atoms. The Bertz CT molecular complexity index is 2350. The van der Waals surface area contributed by atoms with Crippen molar-refractivity contribution < 1.29 is 8.83 Å². The number of rotatable bonds is 2. The van der Waals surface area contributed by atoms with Crippen LogP contribution >= 0.6 is 0 Å². The van der Waals surface area contributed by atoms with Crippen molar-refractivity contribution in [2.75, 3.05) is 0 Å². The van der Waals surface area contributed by atoms with Crippen LogP contribution < -0.4 is 0 Å². The summed E-state index contributed by atoms with van der Waals surface area (Å²) in [6.45, 7) is 0. The van der Waals surface area contributed by atoms with Crippen molar-refractivity contribution in [2.45, 2.75) is 0 Å². The van der Waals surface area contributed by atoms with Crippen LogP contribution in [0.3, 0.4) is 0 Å². The Labute approximate surface area is 223 Å². The second kappa shape index (κ2) is 7.62. The largest absolute Gasteiger partial charge is 0.456 e. The van der Waals surface area contributed by atoms with Crippen LogP contribution in [0.5, 0.6) is 0 Å². The van der Waals surface area contributed by atoms with E-state index in [0.29, 0.717) is 0 Å². The molecule has 3 heterocycles. The fourth-order valence-corrected chi connectivity index (χ4v) is 6.31. The highest BCUT2D eigenvalue weighted by Crippen LogP contribution is 2.42. The van der Waals surface area contributed by atoms with Crippen molar-refractivity contribution in [1.82, 2.24) is 4.57 Å². The maximum absolute atomic E-state index is 6.72. The van der Waals surface area contributed by atoms with E-state index >= 15 is 0 Å². The highest BCUT2D eigenvalue weighted by atomic mass is 16.3. The van der Waals surface area contributed by atoms with Crippen LogP contribution in [-0.4, -0.2) is 4.57 Å². The second-order valence-electron chi connectivity index (χ2n) is 10.1. The number of hydrogen-bond donors (Lipinski definition) is 0. The van der Waals surface area contributed by atoms with E-state index in [1.807, 2.05) is 18.2 Å². The van der Waals surface area contributed by atoms with Gasteiger partial charge in [-0.2, -0.15) is 0 Å². The minimum absolute atomic E-state index is 0.845. The molecule has 6 aromatic carbocycles. The molecular weight excluding hydrogens is 478 g/mol. The van der Waals surface area contributed by atoms with Crippen LogP contribution in [0, 0.1) is 0 Å². The summed E-state index contributed by atoms with van der Waals surface area (Å²) in [6, 6.07) is 44.7. The van der Waals surface area contributed by atoms with Crippen molar-refractivity contribution >= 4 is 65.7 Å². The molecule has 0 spiro atoms.